The third-order valence-electron chi connectivity index (χ3n) is 4.63. The molecule has 0 aromatic rings. The zero-order valence-corrected chi connectivity index (χ0v) is 12.5. The van der Waals surface area contributed by atoms with E-state index in [1.54, 1.807) is 6.92 Å². The van der Waals surface area contributed by atoms with Crippen molar-refractivity contribution < 1.29 is 14.7 Å². The molecular formula is C15H26N2O3. The van der Waals surface area contributed by atoms with Crippen molar-refractivity contribution in [3.8, 4) is 0 Å². The van der Waals surface area contributed by atoms with Crippen molar-refractivity contribution in [2.75, 3.05) is 6.54 Å². The lowest BCUT2D eigenvalue weighted by Gasteiger charge is -2.35. The average molecular weight is 282 g/mol. The Morgan fingerprint density at radius 1 is 1.20 bits per heavy atom. The second-order valence-electron chi connectivity index (χ2n) is 6.21. The van der Waals surface area contributed by atoms with Crippen LogP contribution in [0, 0.1) is 5.92 Å². The van der Waals surface area contributed by atoms with Crippen molar-refractivity contribution in [1.29, 1.82) is 0 Å². The second kappa shape index (κ2) is 6.57. The summed E-state index contributed by atoms with van der Waals surface area (Å²) in [6.07, 6.45) is 4.97. The molecule has 1 saturated heterocycles. The number of nitrogens with zero attached hydrogens (tertiary/aromatic N) is 1. The van der Waals surface area contributed by atoms with Crippen molar-refractivity contribution in [1.82, 2.24) is 10.2 Å². The van der Waals surface area contributed by atoms with Crippen molar-refractivity contribution in [3.63, 3.8) is 0 Å². The molecule has 1 heterocycles. The number of carbonyl (C=O) groups excluding carboxylic acids is 2. The number of amides is 2. The van der Waals surface area contributed by atoms with E-state index in [-0.39, 0.29) is 23.8 Å². The maximum absolute atomic E-state index is 12.4. The fraction of sp³-hybridized carbons (Fsp3) is 0.867. The summed E-state index contributed by atoms with van der Waals surface area (Å²) < 4.78 is 0. The van der Waals surface area contributed by atoms with Crippen LogP contribution < -0.4 is 5.32 Å². The molecular weight excluding hydrogens is 256 g/mol. The summed E-state index contributed by atoms with van der Waals surface area (Å²) in [7, 11) is 0. The minimum atomic E-state index is -0.550. The van der Waals surface area contributed by atoms with E-state index in [9.17, 15) is 14.7 Å². The van der Waals surface area contributed by atoms with Crippen LogP contribution in [0.3, 0.4) is 0 Å². The molecule has 0 radical (unpaired) electrons. The number of carbonyl (C=O) groups is 2. The molecule has 4 atom stereocenters. The van der Waals surface area contributed by atoms with Gasteiger partial charge in [-0.05, 0) is 52.4 Å². The minimum Gasteiger partial charge on any atom is -0.392 e. The van der Waals surface area contributed by atoms with E-state index >= 15 is 0 Å². The first-order valence-corrected chi connectivity index (χ1v) is 7.79. The first kappa shape index (κ1) is 15.3. The Hall–Kier alpha value is -1.10. The van der Waals surface area contributed by atoms with Crippen LogP contribution in [-0.4, -0.2) is 46.6 Å². The maximum atomic E-state index is 12.4. The number of hydrogen-bond acceptors (Lipinski definition) is 3. The fourth-order valence-corrected chi connectivity index (χ4v) is 3.30. The Bertz CT molecular complexity index is 372. The second-order valence-corrected chi connectivity index (χ2v) is 6.21. The fourth-order valence-electron chi connectivity index (χ4n) is 3.30. The third-order valence-corrected chi connectivity index (χ3v) is 4.63. The predicted molar refractivity (Wildman–Crippen MR) is 76.0 cm³/mol. The first-order chi connectivity index (χ1) is 9.50. The normalized spacial score (nSPS) is 31.9. The van der Waals surface area contributed by atoms with Gasteiger partial charge in [-0.15, -0.1) is 0 Å². The van der Waals surface area contributed by atoms with Crippen LogP contribution in [0.5, 0.6) is 0 Å². The molecule has 2 rings (SSSR count). The topological polar surface area (TPSA) is 69.6 Å². The van der Waals surface area contributed by atoms with E-state index in [1.165, 1.54) is 6.42 Å². The standard InChI is InChI=1S/C15H26N2O3/c1-10-6-3-4-9-17(10)15(20)11(2)16-14(19)12-7-5-8-13(12)18/h10-13,18H,3-9H2,1-2H3,(H,16,19). The Kier molecular flexibility index (Phi) is 5.02. The van der Waals surface area contributed by atoms with Crippen LogP contribution in [0.2, 0.25) is 0 Å². The molecule has 0 bridgehead atoms. The van der Waals surface area contributed by atoms with Gasteiger partial charge in [-0.25, -0.2) is 0 Å². The quantitative estimate of drug-likeness (QED) is 0.813. The van der Waals surface area contributed by atoms with Crippen LogP contribution in [0.15, 0.2) is 0 Å². The lowest BCUT2D eigenvalue weighted by atomic mass is 10.0. The van der Waals surface area contributed by atoms with Gasteiger partial charge >= 0.3 is 0 Å². The van der Waals surface area contributed by atoms with Gasteiger partial charge in [-0.3, -0.25) is 9.59 Å². The van der Waals surface area contributed by atoms with Gasteiger partial charge in [0.15, 0.2) is 0 Å². The smallest absolute Gasteiger partial charge is 0.245 e. The maximum Gasteiger partial charge on any atom is 0.245 e. The Balaban J connectivity index is 1.88. The van der Waals surface area contributed by atoms with Crippen molar-refractivity contribution in [2.45, 2.75) is 70.6 Å². The van der Waals surface area contributed by atoms with Gasteiger partial charge in [-0.2, -0.15) is 0 Å². The van der Waals surface area contributed by atoms with E-state index < -0.39 is 12.1 Å². The zero-order valence-electron chi connectivity index (χ0n) is 12.5. The molecule has 2 amide bonds. The highest BCUT2D eigenvalue weighted by Gasteiger charge is 2.34. The largest absolute Gasteiger partial charge is 0.392 e. The molecule has 4 unspecified atom stereocenters. The number of rotatable bonds is 3. The van der Waals surface area contributed by atoms with E-state index in [1.807, 2.05) is 4.90 Å². The number of nitrogens with one attached hydrogen (secondary N) is 1. The monoisotopic (exact) mass is 282 g/mol. The number of piperidine rings is 1. The van der Waals surface area contributed by atoms with Crippen LogP contribution in [-0.2, 0) is 9.59 Å². The summed E-state index contributed by atoms with van der Waals surface area (Å²) in [5.74, 6) is -0.525. The van der Waals surface area contributed by atoms with Crippen molar-refractivity contribution in [3.05, 3.63) is 0 Å². The summed E-state index contributed by atoms with van der Waals surface area (Å²) in [6.45, 7) is 4.58. The van der Waals surface area contributed by atoms with Gasteiger partial charge in [0.25, 0.3) is 0 Å². The van der Waals surface area contributed by atoms with E-state index in [2.05, 4.69) is 12.2 Å². The van der Waals surface area contributed by atoms with Crippen LogP contribution in [0.1, 0.15) is 52.4 Å². The SMILES string of the molecule is CC(NC(=O)C1CCCC1O)C(=O)N1CCCCC1C. The summed E-state index contributed by atoms with van der Waals surface area (Å²) in [4.78, 5) is 26.4. The molecule has 2 fully saturated rings. The van der Waals surface area contributed by atoms with Crippen LogP contribution >= 0.6 is 0 Å². The number of hydrogen-bond donors (Lipinski definition) is 2. The highest BCUT2D eigenvalue weighted by molar-refractivity contribution is 5.88. The van der Waals surface area contributed by atoms with Crippen molar-refractivity contribution >= 4 is 11.8 Å². The minimum absolute atomic E-state index is 0.00182. The summed E-state index contributed by atoms with van der Waals surface area (Å²) in [5.41, 5.74) is 0. The average Bonchev–Trinajstić information content (AvgIpc) is 2.84. The molecule has 0 aromatic heterocycles. The van der Waals surface area contributed by atoms with Gasteiger partial charge in [0, 0.05) is 12.6 Å². The molecule has 1 aliphatic carbocycles. The van der Waals surface area contributed by atoms with Gasteiger partial charge in [-0.1, -0.05) is 0 Å². The predicted octanol–water partition coefficient (Wildman–Crippen LogP) is 1.05. The summed E-state index contributed by atoms with van der Waals surface area (Å²) >= 11 is 0. The molecule has 114 valence electrons. The van der Waals surface area contributed by atoms with Crippen molar-refractivity contribution in [2.24, 2.45) is 5.92 Å². The molecule has 5 nitrogen and oxygen atoms in total. The number of aliphatic hydroxyl groups excluding tert-OH is 1. The third kappa shape index (κ3) is 3.32. The molecule has 0 spiro atoms. The molecule has 1 aliphatic heterocycles. The van der Waals surface area contributed by atoms with E-state index in [0.29, 0.717) is 12.8 Å². The first-order valence-electron chi connectivity index (χ1n) is 7.79. The van der Waals surface area contributed by atoms with E-state index in [4.69, 9.17) is 0 Å². The number of aliphatic hydroxyl groups is 1. The summed E-state index contributed by atoms with van der Waals surface area (Å²) in [5, 5.41) is 12.5. The van der Waals surface area contributed by atoms with Gasteiger partial charge in [0.2, 0.25) is 11.8 Å². The molecule has 1 saturated carbocycles. The zero-order chi connectivity index (χ0) is 14.7. The molecule has 2 aliphatic rings. The van der Waals surface area contributed by atoms with Crippen LogP contribution in [0.25, 0.3) is 0 Å². The molecule has 0 aromatic carbocycles. The lowest BCUT2D eigenvalue weighted by molar-refractivity contribution is -0.140. The van der Waals surface area contributed by atoms with Gasteiger partial charge in [0.05, 0.1) is 12.0 Å². The number of likely N-dealkylation sites (tertiary alicyclic amines) is 1. The molecule has 20 heavy (non-hydrogen) atoms. The van der Waals surface area contributed by atoms with Gasteiger partial charge < -0.3 is 15.3 Å². The van der Waals surface area contributed by atoms with E-state index in [0.717, 1.165) is 25.8 Å². The van der Waals surface area contributed by atoms with Gasteiger partial charge in [0.1, 0.15) is 6.04 Å². The summed E-state index contributed by atoms with van der Waals surface area (Å²) in [6, 6.07) is -0.247. The Morgan fingerprint density at radius 3 is 2.55 bits per heavy atom. The lowest BCUT2D eigenvalue weighted by Crippen LogP contribution is -2.52. The van der Waals surface area contributed by atoms with Crippen LogP contribution in [0.4, 0.5) is 0 Å². The molecule has 5 heteroatoms. The molecule has 2 N–H and O–H groups in total. The highest BCUT2D eigenvalue weighted by Crippen LogP contribution is 2.25. The highest BCUT2D eigenvalue weighted by atomic mass is 16.3. The Morgan fingerprint density at radius 2 is 1.95 bits per heavy atom. The Labute approximate surface area is 120 Å².